The molecule has 4 nitrogen and oxygen atoms in total. The van der Waals surface area contributed by atoms with Gasteiger partial charge >= 0.3 is 51.4 Å². The second kappa shape index (κ2) is 21.7. The Bertz CT molecular complexity index is 413. The van der Waals surface area contributed by atoms with E-state index in [2.05, 4.69) is 6.92 Å². The van der Waals surface area contributed by atoms with Gasteiger partial charge in [0.1, 0.15) is 0 Å². The maximum absolute atomic E-state index is 11.5. The van der Waals surface area contributed by atoms with Crippen molar-refractivity contribution < 1.29 is 69.5 Å². The summed E-state index contributed by atoms with van der Waals surface area (Å²) in [5, 5.41) is 8.53. The second-order valence-corrected chi connectivity index (χ2v) is 9.93. The fourth-order valence-electron chi connectivity index (χ4n) is 3.63. The number of hydrogen-bond donors (Lipinski definition) is 1. The van der Waals surface area contributed by atoms with Crippen LogP contribution in [-0.4, -0.2) is 29.4 Å². The molecule has 0 aliphatic heterocycles. The van der Waals surface area contributed by atoms with Crippen molar-refractivity contribution in [2.24, 2.45) is 0 Å². The predicted octanol–water partition coefficient (Wildman–Crippen LogP) is 3.33. The second-order valence-electron chi connectivity index (χ2n) is 8.28. The Hall–Kier alpha value is 1.51. The molecule has 0 aromatic carbocycles. The molecular formula is C22H45KO4S. The number of aliphatic hydroxyl groups is 1. The first kappa shape index (κ1) is 31.7. The van der Waals surface area contributed by atoms with Crippen LogP contribution in [0.2, 0.25) is 0 Å². The summed E-state index contributed by atoms with van der Waals surface area (Å²) < 4.78 is 34.4. The first-order valence-electron chi connectivity index (χ1n) is 11.5. The minimum absolute atomic E-state index is 0. The maximum Gasteiger partial charge on any atom is 1.00 e. The molecule has 0 aliphatic carbocycles. The number of hydrogen-bond acceptors (Lipinski definition) is 4. The van der Waals surface area contributed by atoms with Gasteiger partial charge in [-0.3, -0.25) is 0 Å². The third-order valence-electron chi connectivity index (χ3n) is 5.44. The molecule has 0 saturated heterocycles. The summed E-state index contributed by atoms with van der Waals surface area (Å²) in [6.45, 7) is 4.03. The smallest absolute Gasteiger partial charge is 0.748 e. The summed E-state index contributed by atoms with van der Waals surface area (Å²) in [6, 6.07) is 0. The van der Waals surface area contributed by atoms with Crippen molar-refractivity contribution in [1.29, 1.82) is 0 Å². The molecule has 0 fully saturated rings. The van der Waals surface area contributed by atoms with E-state index in [0.29, 0.717) is 12.8 Å². The normalized spacial score (nSPS) is 13.9. The Labute approximate surface area is 218 Å². The fraction of sp³-hybridized carbons (Fsp3) is 1.00. The van der Waals surface area contributed by atoms with Crippen LogP contribution in [0.4, 0.5) is 0 Å². The van der Waals surface area contributed by atoms with Gasteiger partial charge in [-0.05, 0) is 26.2 Å². The van der Waals surface area contributed by atoms with Gasteiger partial charge in [-0.2, -0.15) is 0 Å². The average Bonchev–Trinajstić information content (AvgIpc) is 2.59. The molecule has 2 unspecified atom stereocenters. The molecule has 6 heteroatoms. The molecule has 0 aromatic heterocycles. The molecule has 0 radical (unpaired) electrons. The largest absolute Gasteiger partial charge is 1.00 e. The van der Waals surface area contributed by atoms with Crippen molar-refractivity contribution in [1.82, 2.24) is 0 Å². The molecule has 0 aromatic rings. The molecular weight excluding hydrogens is 399 g/mol. The van der Waals surface area contributed by atoms with Crippen LogP contribution in [0.3, 0.4) is 0 Å². The van der Waals surface area contributed by atoms with Gasteiger partial charge in [-0.15, -0.1) is 0 Å². The van der Waals surface area contributed by atoms with E-state index in [9.17, 15) is 18.1 Å². The summed E-state index contributed by atoms with van der Waals surface area (Å²) in [7, 11) is -4.15. The quantitative estimate of drug-likeness (QED) is 0.177. The molecule has 0 rings (SSSR count). The van der Waals surface area contributed by atoms with Crippen molar-refractivity contribution >= 4 is 10.1 Å². The Balaban J connectivity index is 0. The zero-order valence-electron chi connectivity index (χ0n) is 19.0. The van der Waals surface area contributed by atoms with Gasteiger partial charge in [0.25, 0.3) is 0 Å². The van der Waals surface area contributed by atoms with Gasteiger partial charge in [0.15, 0.2) is 0 Å². The van der Waals surface area contributed by atoms with Crippen molar-refractivity contribution in [2.75, 3.05) is 0 Å². The SMILES string of the molecule is CCCCCCCCCC(CCCCCCCCCCC(C)O)S(=O)(=O)[O-].[K+]. The molecule has 164 valence electrons. The number of unbranched alkanes of at least 4 members (excludes halogenated alkanes) is 13. The van der Waals surface area contributed by atoms with Gasteiger partial charge < -0.3 is 9.66 Å². The zero-order chi connectivity index (χ0) is 20.4. The molecule has 2 atom stereocenters. The van der Waals surface area contributed by atoms with E-state index in [1.165, 1.54) is 51.4 Å². The monoisotopic (exact) mass is 444 g/mol. The van der Waals surface area contributed by atoms with Crippen molar-refractivity contribution in [2.45, 2.75) is 141 Å². The molecule has 0 saturated carbocycles. The first-order valence-corrected chi connectivity index (χ1v) is 13.0. The van der Waals surface area contributed by atoms with Crippen LogP contribution in [0, 0.1) is 0 Å². The Morgan fingerprint density at radius 1 is 0.679 bits per heavy atom. The fourth-order valence-corrected chi connectivity index (χ4v) is 4.55. The summed E-state index contributed by atoms with van der Waals surface area (Å²) in [4.78, 5) is 0. The van der Waals surface area contributed by atoms with Gasteiger partial charge in [0.05, 0.1) is 16.2 Å². The third kappa shape index (κ3) is 22.2. The molecule has 0 spiro atoms. The molecule has 0 amide bonds. The van der Waals surface area contributed by atoms with E-state index in [1.54, 1.807) is 0 Å². The molecule has 0 heterocycles. The molecule has 0 aliphatic rings. The van der Waals surface area contributed by atoms with Crippen molar-refractivity contribution in [3.8, 4) is 0 Å². The van der Waals surface area contributed by atoms with Gasteiger partial charge in [-0.25, -0.2) is 8.42 Å². The Morgan fingerprint density at radius 3 is 1.32 bits per heavy atom. The predicted molar refractivity (Wildman–Crippen MR) is 114 cm³/mol. The van der Waals surface area contributed by atoms with Gasteiger partial charge in [0.2, 0.25) is 0 Å². The number of aliphatic hydroxyl groups excluding tert-OH is 1. The van der Waals surface area contributed by atoms with Crippen LogP contribution in [0.1, 0.15) is 129 Å². The molecule has 28 heavy (non-hydrogen) atoms. The van der Waals surface area contributed by atoms with E-state index in [1.807, 2.05) is 6.92 Å². The number of rotatable bonds is 20. The zero-order valence-corrected chi connectivity index (χ0v) is 22.9. The first-order chi connectivity index (χ1) is 12.9. The van der Waals surface area contributed by atoms with E-state index in [4.69, 9.17) is 0 Å². The van der Waals surface area contributed by atoms with Crippen LogP contribution >= 0.6 is 0 Å². The minimum atomic E-state index is -4.15. The average molecular weight is 445 g/mol. The van der Waals surface area contributed by atoms with E-state index < -0.39 is 15.4 Å². The van der Waals surface area contributed by atoms with Crippen molar-refractivity contribution in [3.63, 3.8) is 0 Å². The molecule has 1 N–H and O–H groups in total. The van der Waals surface area contributed by atoms with Crippen LogP contribution in [0.25, 0.3) is 0 Å². The topological polar surface area (TPSA) is 77.4 Å². The van der Waals surface area contributed by atoms with E-state index in [-0.39, 0.29) is 57.5 Å². The van der Waals surface area contributed by atoms with Crippen LogP contribution in [0.15, 0.2) is 0 Å². The minimum Gasteiger partial charge on any atom is -0.748 e. The standard InChI is InChI=1S/C22H46O4S.K/c1-3-4-5-6-9-13-16-19-22(27(24,25)26)20-17-14-11-8-7-10-12-15-18-21(2)23;/h21-23H,3-20H2,1-2H3,(H,24,25,26);/q;+1/p-1. The summed E-state index contributed by atoms with van der Waals surface area (Å²) in [5.41, 5.74) is 0. The van der Waals surface area contributed by atoms with Crippen LogP contribution < -0.4 is 51.4 Å². The van der Waals surface area contributed by atoms with Crippen LogP contribution in [0.5, 0.6) is 0 Å². The van der Waals surface area contributed by atoms with Crippen molar-refractivity contribution in [3.05, 3.63) is 0 Å². The summed E-state index contributed by atoms with van der Waals surface area (Å²) in [5.74, 6) is 0. The van der Waals surface area contributed by atoms with E-state index in [0.717, 1.165) is 51.4 Å². The van der Waals surface area contributed by atoms with E-state index >= 15 is 0 Å². The van der Waals surface area contributed by atoms with Gasteiger partial charge in [0, 0.05) is 5.25 Å². The third-order valence-corrected chi connectivity index (χ3v) is 6.72. The Morgan fingerprint density at radius 2 is 1.00 bits per heavy atom. The molecule has 0 bridgehead atoms. The van der Waals surface area contributed by atoms with Gasteiger partial charge in [-0.1, -0.05) is 103 Å². The summed E-state index contributed by atoms with van der Waals surface area (Å²) in [6.07, 6.45) is 18.7. The summed E-state index contributed by atoms with van der Waals surface area (Å²) >= 11 is 0. The Kier molecular flexibility index (Phi) is 24.6. The maximum atomic E-state index is 11.5. The van der Waals surface area contributed by atoms with Crippen LogP contribution in [-0.2, 0) is 10.1 Å².